The van der Waals surface area contributed by atoms with Gasteiger partial charge in [0, 0.05) is 43.0 Å². The van der Waals surface area contributed by atoms with Crippen LogP contribution in [0.1, 0.15) is 31.8 Å². The Kier molecular flexibility index (Phi) is 7.09. The van der Waals surface area contributed by atoms with E-state index >= 15 is 0 Å². The van der Waals surface area contributed by atoms with Crippen LogP contribution < -0.4 is 5.32 Å². The first kappa shape index (κ1) is 23.3. The molecule has 7 heteroatoms. The largest absolute Gasteiger partial charge is 0.348 e. The lowest BCUT2D eigenvalue weighted by Crippen LogP contribution is -2.23. The number of carbonyl (C=O) groups is 2. The molecule has 0 radical (unpaired) electrons. The average molecular weight is 473 g/mol. The van der Waals surface area contributed by atoms with Crippen LogP contribution in [0.15, 0.2) is 85.1 Å². The molecule has 3 aromatic carbocycles. The first-order chi connectivity index (χ1) is 16.4. The number of rotatable bonds is 7. The van der Waals surface area contributed by atoms with Gasteiger partial charge >= 0.3 is 0 Å². The van der Waals surface area contributed by atoms with Gasteiger partial charge in [0.05, 0.1) is 12.1 Å². The minimum absolute atomic E-state index is 0.0611. The van der Waals surface area contributed by atoms with Gasteiger partial charge in [-0.05, 0) is 35.4 Å². The summed E-state index contributed by atoms with van der Waals surface area (Å²) >= 11 is 6.05. The molecule has 0 spiro atoms. The Morgan fingerprint density at radius 2 is 1.59 bits per heavy atom. The molecule has 1 N–H and O–H groups in total. The fraction of sp³-hybridized carbons (Fsp3) is 0.148. The second-order valence-corrected chi connectivity index (χ2v) is 8.60. The zero-order valence-corrected chi connectivity index (χ0v) is 19.8. The van der Waals surface area contributed by atoms with Gasteiger partial charge in [0.2, 0.25) is 0 Å². The SMILES string of the molecule is CN(C)C(=O)c1ccc(CNC(=O)c2cn(Cc3ccccc3)nc2-c2ccc(Cl)cc2)cc1. The van der Waals surface area contributed by atoms with Gasteiger partial charge in [-0.2, -0.15) is 5.10 Å². The molecule has 0 atom stereocenters. The Morgan fingerprint density at radius 3 is 2.24 bits per heavy atom. The van der Waals surface area contributed by atoms with Crippen LogP contribution in [0, 0.1) is 0 Å². The van der Waals surface area contributed by atoms with E-state index in [9.17, 15) is 9.59 Å². The van der Waals surface area contributed by atoms with Crippen LogP contribution in [0.4, 0.5) is 0 Å². The average Bonchev–Trinajstić information content (AvgIpc) is 3.27. The molecule has 0 saturated heterocycles. The lowest BCUT2D eigenvalue weighted by Gasteiger charge is -2.11. The second-order valence-electron chi connectivity index (χ2n) is 8.16. The van der Waals surface area contributed by atoms with Crippen LogP contribution in [0.5, 0.6) is 0 Å². The van der Waals surface area contributed by atoms with Gasteiger partial charge in [0.25, 0.3) is 11.8 Å². The fourth-order valence-electron chi connectivity index (χ4n) is 3.56. The van der Waals surface area contributed by atoms with Crippen molar-refractivity contribution < 1.29 is 9.59 Å². The molecule has 172 valence electrons. The quantitative estimate of drug-likeness (QED) is 0.416. The first-order valence-electron chi connectivity index (χ1n) is 10.9. The number of halogens is 1. The fourth-order valence-corrected chi connectivity index (χ4v) is 3.69. The summed E-state index contributed by atoms with van der Waals surface area (Å²) in [5.41, 5.74) is 4.48. The number of hydrogen-bond acceptors (Lipinski definition) is 3. The van der Waals surface area contributed by atoms with Gasteiger partial charge < -0.3 is 10.2 Å². The first-order valence-corrected chi connectivity index (χ1v) is 11.2. The van der Waals surface area contributed by atoms with Gasteiger partial charge in [-0.3, -0.25) is 14.3 Å². The van der Waals surface area contributed by atoms with Gasteiger partial charge in [0.1, 0.15) is 5.69 Å². The summed E-state index contributed by atoms with van der Waals surface area (Å²) in [7, 11) is 3.43. The molecule has 0 bridgehead atoms. The van der Waals surface area contributed by atoms with Crippen molar-refractivity contribution in [1.29, 1.82) is 0 Å². The number of hydrogen-bond donors (Lipinski definition) is 1. The molecule has 0 saturated carbocycles. The highest BCUT2D eigenvalue weighted by atomic mass is 35.5. The molecule has 0 aliphatic heterocycles. The number of amides is 2. The third kappa shape index (κ3) is 5.53. The van der Waals surface area contributed by atoms with E-state index in [4.69, 9.17) is 16.7 Å². The predicted molar refractivity (Wildman–Crippen MR) is 134 cm³/mol. The van der Waals surface area contributed by atoms with Crippen molar-refractivity contribution in [2.45, 2.75) is 13.1 Å². The van der Waals surface area contributed by atoms with Crippen molar-refractivity contribution in [1.82, 2.24) is 20.0 Å². The van der Waals surface area contributed by atoms with Crippen molar-refractivity contribution in [3.05, 3.63) is 112 Å². The summed E-state index contributed by atoms with van der Waals surface area (Å²) in [5.74, 6) is -0.285. The van der Waals surface area contributed by atoms with Crippen LogP contribution in [-0.4, -0.2) is 40.6 Å². The van der Waals surface area contributed by atoms with Crippen LogP contribution in [0.25, 0.3) is 11.3 Å². The van der Waals surface area contributed by atoms with E-state index in [0.717, 1.165) is 16.7 Å². The van der Waals surface area contributed by atoms with E-state index in [1.807, 2.05) is 54.6 Å². The third-order valence-electron chi connectivity index (χ3n) is 5.37. The molecule has 0 unspecified atom stereocenters. The molecule has 34 heavy (non-hydrogen) atoms. The molecule has 4 aromatic rings. The summed E-state index contributed by atoms with van der Waals surface area (Å²) in [6.07, 6.45) is 1.77. The summed E-state index contributed by atoms with van der Waals surface area (Å²) < 4.78 is 1.77. The zero-order chi connectivity index (χ0) is 24.1. The van der Waals surface area contributed by atoms with E-state index in [0.29, 0.717) is 34.9 Å². The third-order valence-corrected chi connectivity index (χ3v) is 5.62. The summed E-state index contributed by atoms with van der Waals surface area (Å²) in [6.45, 7) is 0.884. The van der Waals surface area contributed by atoms with Gasteiger partial charge in [-0.15, -0.1) is 0 Å². The maximum absolute atomic E-state index is 13.2. The maximum Gasteiger partial charge on any atom is 0.255 e. The number of nitrogens with one attached hydrogen (secondary N) is 1. The summed E-state index contributed by atoms with van der Waals surface area (Å²) in [6, 6.07) is 24.5. The van der Waals surface area contributed by atoms with Crippen molar-refractivity contribution in [2.75, 3.05) is 14.1 Å². The zero-order valence-electron chi connectivity index (χ0n) is 19.0. The predicted octanol–water partition coefficient (Wildman–Crippen LogP) is 4.88. The molecular formula is C27H25ClN4O2. The Bertz CT molecular complexity index is 1280. The molecule has 6 nitrogen and oxygen atoms in total. The second kappa shape index (κ2) is 10.4. The lowest BCUT2D eigenvalue weighted by atomic mass is 10.1. The van der Waals surface area contributed by atoms with E-state index in [1.54, 1.807) is 49.2 Å². The van der Waals surface area contributed by atoms with E-state index in [2.05, 4.69) is 5.32 Å². The van der Waals surface area contributed by atoms with Crippen LogP contribution in [0.3, 0.4) is 0 Å². The monoisotopic (exact) mass is 472 g/mol. The molecule has 4 rings (SSSR count). The maximum atomic E-state index is 13.2. The molecular weight excluding hydrogens is 448 g/mol. The number of nitrogens with zero attached hydrogens (tertiary/aromatic N) is 3. The Balaban J connectivity index is 1.54. The van der Waals surface area contributed by atoms with Gasteiger partial charge in [0.15, 0.2) is 0 Å². The van der Waals surface area contributed by atoms with Crippen molar-refractivity contribution in [3.63, 3.8) is 0 Å². The highest BCUT2D eigenvalue weighted by molar-refractivity contribution is 6.30. The highest BCUT2D eigenvalue weighted by Crippen LogP contribution is 2.24. The Hall–Kier alpha value is -3.90. The van der Waals surface area contributed by atoms with Gasteiger partial charge in [-0.1, -0.05) is 66.2 Å². The number of benzene rings is 3. The molecule has 0 aliphatic carbocycles. The van der Waals surface area contributed by atoms with E-state index in [-0.39, 0.29) is 11.8 Å². The molecule has 2 amide bonds. The van der Waals surface area contributed by atoms with Crippen molar-refractivity contribution >= 4 is 23.4 Å². The number of aromatic nitrogens is 2. The smallest absolute Gasteiger partial charge is 0.255 e. The summed E-state index contributed by atoms with van der Waals surface area (Å²) in [5, 5.41) is 8.29. The van der Waals surface area contributed by atoms with E-state index < -0.39 is 0 Å². The highest BCUT2D eigenvalue weighted by Gasteiger charge is 2.18. The number of carbonyl (C=O) groups excluding carboxylic acids is 2. The Morgan fingerprint density at radius 1 is 0.912 bits per heavy atom. The van der Waals surface area contributed by atoms with Crippen LogP contribution in [-0.2, 0) is 13.1 Å². The standard InChI is InChI=1S/C27H25ClN4O2/c1-31(2)27(34)22-10-8-19(9-11-22)16-29-26(33)24-18-32(17-20-6-4-3-5-7-20)30-25(24)21-12-14-23(28)15-13-21/h3-15,18H,16-17H2,1-2H3,(H,29,33). The Labute approximate surface area is 203 Å². The topological polar surface area (TPSA) is 67.2 Å². The molecule has 0 fully saturated rings. The van der Waals surface area contributed by atoms with Crippen LogP contribution in [0.2, 0.25) is 5.02 Å². The van der Waals surface area contributed by atoms with Crippen molar-refractivity contribution in [2.24, 2.45) is 0 Å². The van der Waals surface area contributed by atoms with E-state index in [1.165, 1.54) is 4.90 Å². The summed E-state index contributed by atoms with van der Waals surface area (Å²) in [4.78, 5) is 26.8. The lowest BCUT2D eigenvalue weighted by molar-refractivity contribution is 0.0827. The normalized spacial score (nSPS) is 10.7. The van der Waals surface area contributed by atoms with Gasteiger partial charge in [-0.25, -0.2) is 0 Å². The molecule has 0 aliphatic rings. The minimum Gasteiger partial charge on any atom is -0.348 e. The van der Waals surface area contributed by atoms with Crippen LogP contribution >= 0.6 is 11.6 Å². The minimum atomic E-state index is -0.224. The molecule has 1 heterocycles. The van der Waals surface area contributed by atoms with Crippen molar-refractivity contribution in [3.8, 4) is 11.3 Å². The molecule has 1 aromatic heterocycles.